The quantitative estimate of drug-likeness (QED) is 0.0157. The van der Waals surface area contributed by atoms with E-state index in [1.54, 1.807) is 25.5 Å². The van der Waals surface area contributed by atoms with E-state index in [4.69, 9.17) is 11.5 Å². The lowest BCUT2D eigenvalue weighted by atomic mass is 9.80. The maximum Gasteiger partial charge on any atom is 0.275 e. The van der Waals surface area contributed by atoms with Crippen LogP contribution < -0.4 is 35.1 Å². The number of rotatable bonds is 19. The number of carbonyl (C=O) groups excluding carboxylic acids is 4. The third kappa shape index (κ3) is 13.6. The minimum absolute atomic E-state index is 0.130. The van der Waals surface area contributed by atoms with Gasteiger partial charge in [-0.2, -0.15) is 0 Å². The van der Waals surface area contributed by atoms with Gasteiger partial charge in [0.2, 0.25) is 11.8 Å². The second kappa shape index (κ2) is 21.2. The molecule has 13 nitrogen and oxygen atoms in total. The van der Waals surface area contributed by atoms with Crippen LogP contribution in [0.3, 0.4) is 0 Å². The Bertz CT molecular complexity index is 1740. The molecule has 3 aromatic rings. The number of primary amides is 1. The lowest BCUT2D eigenvalue weighted by Crippen LogP contribution is -2.52. The Labute approximate surface area is 332 Å². The number of hydrogen-bond donors (Lipinski definition) is 8. The van der Waals surface area contributed by atoms with Crippen LogP contribution >= 0.6 is 45.0 Å². The maximum absolute atomic E-state index is 14.1. The lowest BCUT2D eigenvalue weighted by Gasteiger charge is -2.35. The van der Waals surface area contributed by atoms with Crippen LogP contribution in [0.15, 0.2) is 77.9 Å². The van der Waals surface area contributed by atoms with Gasteiger partial charge in [-0.05, 0) is 62.0 Å². The first kappa shape index (κ1) is 43.7. The van der Waals surface area contributed by atoms with E-state index in [1.165, 1.54) is 11.9 Å². The van der Waals surface area contributed by atoms with Crippen molar-refractivity contribution in [1.29, 1.82) is 0 Å². The zero-order chi connectivity index (χ0) is 39.0. The van der Waals surface area contributed by atoms with E-state index >= 15 is 0 Å². The second-order valence-electron chi connectivity index (χ2n) is 13.6. The van der Waals surface area contributed by atoms with E-state index in [1.807, 2.05) is 104 Å². The fourth-order valence-corrected chi connectivity index (χ4v) is 9.21. The van der Waals surface area contributed by atoms with Crippen LogP contribution in [0.25, 0.3) is 10.9 Å². The Kier molecular flexibility index (Phi) is 17.5. The summed E-state index contributed by atoms with van der Waals surface area (Å²) in [5.41, 5.74) is 13.5. The summed E-state index contributed by atoms with van der Waals surface area (Å²) in [5.74, 6) is -0.359. The smallest absolute Gasteiger partial charge is 0.275 e. The van der Waals surface area contributed by atoms with Crippen LogP contribution in [0, 0.1) is 11.3 Å². The third-order valence-electron chi connectivity index (χ3n) is 8.70. The predicted molar refractivity (Wildman–Crippen MR) is 228 cm³/mol. The maximum atomic E-state index is 14.1. The van der Waals surface area contributed by atoms with Crippen molar-refractivity contribution in [3.8, 4) is 0 Å². The number of aromatic amines is 1. The highest BCUT2D eigenvalue weighted by molar-refractivity contribution is 14.1. The molecule has 0 saturated heterocycles. The number of H-pyrrole nitrogens is 1. The van der Waals surface area contributed by atoms with Gasteiger partial charge in [-0.15, -0.1) is 0 Å². The summed E-state index contributed by atoms with van der Waals surface area (Å²) < 4.78 is 5.95. The van der Waals surface area contributed by atoms with Crippen molar-refractivity contribution in [1.82, 2.24) is 28.6 Å². The number of aliphatic imine (C=N–C) groups is 1. The van der Waals surface area contributed by atoms with Gasteiger partial charge in [0.1, 0.15) is 11.3 Å². The summed E-state index contributed by atoms with van der Waals surface area (Å²) in [7, 11) is -0.989. The first-order chi connectivity index (χ1) is 25.2. The van der Waals surface area contributed by atoms with Crippen LogP contribution in [0.5, 0.6) is 0 Å². The van der Waals surface area contributed by atoms with E-state index in [9.17, 15) is 19.2 Å². The number of guanidine groups is 1. The Hall–Kier alpha value is -3.74. The van der Waals surface area contributed by atoms with Gasteiger partial charge in [-0.3, -0.25) is 24.2 Å². The molecule has 0 aliphatic heterocycles. The largest absolute Gasteiger partial charge is 0.370 e. The van der Waals surface area contributed by atoms with E-state index in [2.05, 4.69) is 33.6 Å². The van der Waals surface area contributed by atoms with Gasteiger partial charge in [0.15, 0.2) is 5.96 Å². The zero-order valence-electron chi connectivity index (χ0n) is 31.0. The van der Waals surface area contributed by atoms with Crippen LogP contribution in [0.2, 0.25) is 0 Å². The number of carbonyl (C=O) groups is 4. The van der Waals surface area contributed by atoms with Crippen molar-refractivity contribution in [2.75, 3.05) is 26.4 Å². The molecule has 1 aromatic heterocycles. The summed E-state index contributed by atoms with van der Waals surface area (Å²) in [4.78, 5) is 61.4. The predicted octanol–water partition coefficient (Wildman–Crippen LogP) is 4.94. The molecule has 290 valence electrons. The Morgan fingerprint density at radius 1 is 1.04 bits per heavy atom. The molecule has 0 radical (unpaired) electrons. The van der Waals surface area contributed by atoms with Crippen LogP contribution in [-0.4, -0.2) is 71.6 Å². The van der Waals surface area contributed by atoms with Crippen molar-refractivity contribution in [2.45, 2.75) is 63.5 Å². The van der Waals surface area contributed by atoms with Gasteiger partial charge >= 0.3 is 0 Å². The molecule has 1 heterocycles. The Morgan fingerprint density at radius 3 is 2.40 bits per heavy atom. The molecule has 3 rings (SSSR count). The first-order valence-electron chi connectivity index (χ1n) is 17.4. The number of nitrogens with one attached hydrogen (secondary N) is 6. The van der Waals surface area contributed by atoms with Gasteiger partial charge in [0.05, 0.1) is 5.41 Å². The number of nitrogens with two attached hydrogens (primary N) is 2. The first-order valence-corrected chi connectivity index (χ1v) is 21.6. The minimum atomic E-state index is -2.56. The number of para-hydroxylation sites is 1. The summed E-state index contributed by atoms with van der Waals surface area (Å²) in [5, 5.41) is 8.90. The van der Waals surface area contributed by atoms with Crippen molar-refractivity contribution >= 4 is 84.8 Å². The number of halogens is 1. The molecule has 2 aromatic carbocycles. The Balaban J connectivity index is 1.78. The van der Waals surface area contributed by atoms with Crippen LogP contribution in [0.1, 0.15) is 51.2 Å². The molecule has 0 bridgehead atoms. The van der Waals surface area contributed by atoms with Gasteiger partial charge < -0.3 is 37.1 Å². The second-order valence-corrected chi connectivity index (χ2v) is 19.0. The van der Waals surface area contributed by atoms with Crippen molar-refractivity contribution < 1.29 is 19.2 Å². The topological polar surface area (TPSA) is 209 Å². The summed E-state index contributed by atoms with van der Waals surface area (Å²) in [6, 6.07) is 16.5. The molecule has 16 heteroatoms. The minimum Gasteiger partial charge on any atom is -0.370 e. The third-order valence-corrected chi connectivity index (χ3v) is 12.6. The molecule has 10 N–H and O–H groups in total. The molecule has 0 fully saturated rings. The van der Waals surface area contributed by atoms with Gasteiger partial charge in [-0.1, -0.05) is 96.7 Å². The highest BCUT2D eigenvalue weighted by atomic mass is 127. The number of fused-ring (bicyclic) bond motifs is 1. The molecule has 0 spiro atoms. The van der Waals surface area contributed by atoms with Crippen LogP contribution in [0.4, 0.5) is 4.79 Å². The molecule has 4 amide bonds. The number of benzene rings is 2. The summed E-state index contributed by atoms with van der Waals surface area (Å²) >= 11 is 3.34. The number of nitrogens with zero attached hydrogens (tertiary/aromatic N) is 1. The zero-order valence-corrected chi connectivity index (χ0v) is 34.8. The van der Waals surface area contributed by atoms with Gasteiger partial charge in [0, 0.05) is 65.9 Å². The van der Waals surface area contributed by atoms with Crippen LogP contribution in [-0.2, 0) is 26.6 Å². The normalized spacial score (nSPS) is 15.9. The number of amides is 4. The Morgan fingerprint density at radius 2 is 1.74 bits per heavy atom. The highest BCUT2D eigenvalue weighted by Gasteiger charge is 2.36. The standard InChI is InChI=1S/C37H54IN9O4S2/c1-25(2)22-37(3,18-12-20-42-33(49)31(52-47-38)21-26-13-7-6-8-14-26)34(50)45-30(17-11-19-43-35(39)41-4)32(48)46-53(5,36(40)51)24-27-23-44-29-16-10-9-15-28(27)29/h6-10,12-16,18,23,25,30-31,44,47H,11,17,19-22,24H2,1-5H3,(H2,40,51)(H,42,49)(H,45,50)(H,46,48)(H3,39,41,43)/b18-12+/t30-,31-,37+/m0/s1. The molecule has 0 aliphatic carbocycles. The fourth-order valence-electron chi connectivity index (χ4n) is 5.95. The molecule has 0 saturated carbocycles. The average Bonchev–Trinajstić information content (AvgIpc) is 3.52. The summed E-state index contributed by atoms with van der Waals surface area (Å²) in [6.07, 6.45) is 8.84. The lowest BCUT2D eigenvalue weighted by molar-refractivity contribution is -0.133. The van der Waals surface area contributed by atoms with E-state index in [-0.39, 0.29) is 47.7 Å². The van der Waals surface area contributed by atoms with Gasteiger partial charge in [0.25, 0.3) is 11.1 Å². The monoisotopic (exact) mass is 879 g/mol. The molecule has 53 heavy (non-hydrogen) atoms. The molecular weight excluding hydrogens is 826 g/mol. The fraction of sp³-hybridized carbons (Fsp3) is 0.432. The molecule has 4 atom stereocenters. The van der Waals surface area contributed by atoms with E-state index in [0.29, 0.717) is 25.8 Å². The van der Waals surface area contributed by atoms with Crippen molar-refractivity contribution in [3.63, 3.8) is 0 Å². The van der Waals surface area contributed by atoms with Crippen molar-refractivity contribution in [2.24, 2.45) is 27.8 Å². The molecular formula is C37H54IN9O4S2. The van der Waals surface area contributed by atoms with E-state index in [0.717, 1.165) is 22.0 Å². The van der Waals surface area contributed by atoms with E-state index < -0.39 is 32.8 Å². The van der Waals surface area contributed by atoms with Gasteiger partial charge in [-0.25, -0.2) is 2.94 Å². The molecule has 0 aliphatic rings. The number of hydrogen-bond acceptors (Lipinski definition) is 7. The van der Waals surface area contributed by atoms with Crippen molar-refractivity contribution in [3.05, 3.63) is 84.1 Å². The number of aromatic nitrogens is 1. The summed E-state index contributed by atoms with van der Waals surface area (Å²) in [6.45, 7) is 6.49. The SMILES string of the molecule is CN=C(N)NCCC[C@H](NC(=O)[C@](C)(/C=C/CNC(=O)[C@H](Cc1ccccc1)SNI)CC(C)C)C(=O)NS(C)(Cc1c[nH]c2ccccc12)C(N)=O. The molecule has 1 unspecified atom stereocenters. The average molecular weight is 880 g/mol. The highest BCUT2D eigenvalue weighted by Crippen LogP contribution is 2.45.